The summed E-state index contributed by atoms with van der Waals surface area (Å²) < 4.78 is 5.89. The maximum absolute atomic E-state index is 13.1. The molecule has 0 aromatic heterocycles. The normalized spacial score (nSPS) is 13.8. The van der Waals surface area contributed by atoms with Crippen molar-refractivity contribution in [1.29, 1.82) is 0 Å². The van der Waals surface area contributed by atoms with Gasteiger partial charge < -0.3 is 20.3 Å². The number of hydrogen-bond donors (Lipinski definition) is 3. The molecule has 6 heteroatoms. The molecule has 0 saturated heterocycles. The third kappa shape index (κ3) is 36.8. The Balaban J connectivity index is 4.65. The predicted octanol–water partition coefficient (Wildman–Crippen LogP) is 13.1. The quantitative estimate of drug-likeness (QED) is 0.0250. The minimum atomic E-state index is -0.791. The average Bonchev–Trinajstić information content (AvgIpc) is 3.16. The molecule has 1 amide bonds. The van der Waals surface area contributed by atoms with Crippen molar-refractivity contribution >= 4 is 11.9 Å². The van der Waals surface area contributed by atoms with Crippen molar-refractivity contribution in [3.63, 3.8) is 0 Å². The lowest BCUT2D eigenvalue weighted by Crippen LogP contribution is -2.46. The highest BCUT2D eigenvalue weighted by molar-refractivity contribution is 5.77. The summed E-state index contributed by atoms with van der Waals surface area (Å²) in [7, 11) is 0. The number of unbranched alkanes of at least 4 members (excludes halogenated alkanes) is 22. The first kappa shape index (κ1) is 51.8. The van der Waals surface area contributed by atoms with E-state index in [1.165, 1.54) is 83.5 Å². The first-order valence-electron chi connectivity index (χ1n) is 22.9. The Kier molecular flexibility index (Phi) is 40.3. The summed E-state index contributed by atoms with van der Waals surface area (Å²) in [5.74, 6) is -0.508. The van der Waals surface area contributed by atoms with E-state index in [1.54, 1.807) is 0 Å². The lowest BCUT2D eigenvalue weighted by atomic mass is 10.0. The fourth-order valence-electron chi connectivity index (χ4n) is 6.72. The molecule has 0 spiro atoms. The number of rotatable bonds is 40. The maximum atomic E-state index is 13.1. The van der Waals surface area contributed by atoms with Crippen LogP contribution in [0.15, 0.2) is 48.6 Å². The molecular weight excluding hydrogens is 671 g/mol. The molecule has 3 unspecified atom stereocenters. The van der Waals surface area contributed by atoms with Crippen LogP contribution in [-0.2, 0) is 14.3 Å². The Bertz CT molecular complexity index is 941. The third-order valence-corrected chi connectivity index (χ3v) is 10.2. The number of aliphatic hydroxyl groups excluding tert-OH is 2. The van der Waals surface area contributed by atoms with Gasteiger partial charge >= 0.3 is 5.97 Å². The summed E-state index contributed by atoms with van der Waals surface area (Å²) in [5, 5.41) is 23.6. The molecule has 3 atom stereocenters. The number of carbonyl (C=O) groups excluding carboxylic acids is 2. The second-order valence-electron chi connectivity index (χ2n) is 15.5. The molecule has 0 fully saturated rings. The van der Waals surface area contributed by atoms with Crippen LogP contribution in [0, 0.1) is 0 Å². The Morgan fingerprint density at radius 2 is 1.02 bits per heavy atom. The standard InChI is InChI=1S/C48H87NO5/c1-4-7-10-13-16-19-21-23-25-28-30-33-36-39-44(54-48(53)41-38-35-32-29-26-24-22-20-17-14-11-8-5-2)42-47(52)49-45(43-50)46(51)40-37-34-31-27-18-15-12-9-6-3/h8,11,14,17,19-22,44-46,50-51H,4-7,9-10,12-13,15-16,18,23-43H2,1-3H3,(H,49,52)/b11-8+,17-14+,21-19-,22-20-. The van der Waals surface area contributed by atoms with Crippen molar-refractivity contribution in [3.8, 4) is 0 Å². The molecular formula is C48H87NO5. The van der Waals surface area contributed by atoms with Crippen LogP contribution in [0.5, 0.6) is 0 Å². The zero-order valence-corrected chi connectivity index (χ0v) is 35.6. The molecule has 0 aliphatic heterocycles. The van der Waals surface area contributed by atoms with Gasteiger partial charge in [-0.15, -0.1) is 0 Å². The maximum Gasteiger partial charge on any atom is 0.306 e. The second kappa shape index (κ2) is 42.0. The number of allylic oxidation sites excluding steroid dienone is 8. The van der Waals surface area contributed by atoms with Crippen LogP contribution in [-0.4, -0.2) is 46.9 Å². The third-order valence-electron chi connectivity index (χ3n) is 10.2. The highest BCUT2D eigenvalue weighted by Crippen LogP contribution is 2.17. The summed E-state index contributed by atoms with van der Waals surface area (Å²) >= 11 is 0. The van der Waals surface area contributed by atoms with E-state index in [4.69, 9.17) is 4.74 Å². The van der Waals surface area contributed by atoms with Crippen LogP contribution in [0.2, 0.25) is 0 Å². The molecule has 0 aliphatic carbocycles. The number of nitrogens with one attached hydrogen (secondary N) is 1. The Morgan fingerprint density at radius 1 is 0.556 bits per heavy atom. The monoisotopic (exact) mass is 758 g/mol. The Morgan fingerprint density at radius 3 is 1.57 bits per heavy atom. The topological polar surface area (TPSA) is 95.9 Å². The summed E-state index contributed by atoms with van der Waals surface area (Å²) in [6, 6.07) is -0.705. The van der Waals surface area contributed by atoms with E-state index >= 15 is 0 Å². The Labute approximate surface area is 334 Å². The van der Waals surface area contributed by atoms with E-state index in [1.807, 2.05) is 0 Å². The van der Waals surface area contributed by atoms with Gasteiger partial charge in [0.15, 0.2) is 0 Å². The summed E-state index contributed by atoms with van der Waals surface area (Å²) in [4.78, 5) is 26.0. The van der Waals surface area contributed by atoms with Crippen LogP contribution in [0.3, 0.4) is 0 Å². The van der Waals surface area contributed by atoms with Gasteiger partial charge in [-0.2, -0.15) is 0 Å². The van der Waals surface area contributed by atoms with Crippen molar-refractivity contribution in [2.75, 3.05) is 6.61 Å². The number of amides is 1. The molecule has 0 heterocycles. The summed E-state index contributed by atoms with van der Waals surface area (Å²) in [6.07, 6.45) is 48.8. The summed E-state index contributed by atoms with van der Waals surface area (Å²) in [5.41, 5.74) is 0. The van der Waals surface area contributed by atoms with Crippen LogP contribution in [0.25, 0.3) is 0 Å². The SMILES string of the molecule is CC/C=C/C=C/C=C\CCCCCCCC(=O)OC(CCCCCCC/C=C\CCCCCC)CC(=O)NC(CO)C(O)CCCCCCCCCCC. The largest absolute Gasteiger partial charge is 0.462 e. The fourth-order valence-corrected chi connectivity index (χ4v) is 6.72. The van der Waals surface area contributed by atoms with Crippen molar-refractivity contribution in [1.82, 2.24) is 5.32 Å². The molecule has 0 aromatic carbocycles. The number of esters is 1. The van der Waals surface area contributed by atoms with E-state index in [2.05, 4.69) is 74.7 Å². The van der Waals surface area contributed by atoms with E-state index in [-0.39, 0.29) is 24.9 Å². The highest BCUT2D eigenvalue weighted by atomic mass is 16.5. The van der Waals surface area contributed by atoms with E-state index in [9.17, 15) is 19.8 Å². The van der Waals surface area contributed by atoms with Crippen LogP contribution >= 0.6 is 0 Å². The minimum absolute atomic E-state index is 0.0631. The molecule has 6 nitrogen and oxygen atoms in total. The number of ether oxygens (including phenoxy) is 1. The van der Waals surface area contributed by atoms with Gasteiger partial charge in [-0.1, -0.05) is 185 Å². The summed E-state index contributed by atoms with van der Waals surface area (Å²) in [6.45, 7) is 6.30. The van der Waals surface area contributed by atoms with E-state index in [0.717, 1.165) is 89.9 Å². The molecule has 0 bridgehead atoms. The first-order valence-corrected chi connectivity index (χ1v) is 22.9. The van der Waals surface area contributed by atoms with E-state index < -0.39 is 18.2 Å². The zero-order chi connectivity index (χ0) is 39.6. The lowest BCUT2D eigenvalue weighted by molar-refractivity contribution is -0.151. The van der Waals surface area contributed by atoms with Crippen molar-refractivity contribution in [2.45, 2.75) is 238 Å². The average molecular weight is 758 g/mol. The molecule has 0 aliphatic rings. The molecule has 0 radical (unpaired) electrons. The van der Waals surface area contributed by atoms with Gasteiger partial charge in [-0.05, 0) is 70.6 Å². The fraction of sp³-hybridized carbons (Fsp3) is 0.792. The van der Waals surface area contributed by atoms with Crippen LogP contribution in [0.1, 0.15) is 220 Å². The number of hydrogen-bond acceptors (Lipinski definition) is 5. The smallest absolute Gasteiger partial charge is 0.306 e. The predicted molar refractivity (Wildman–Crippen MR) is 232 cm³/mol. The first-order chi connectivity index (χ1) is 26.5. The molecule has 0 aromatic rings. The van der Waals surface area contributed by atoms with Gasteiger partial charge in [-0.25, -0.2) is 0 Å². The van der Waals surface area contributed by atoms with Gasteiger partial charge in [0.1, 0.15) is 6.10 Å². The van der Waals surface area contributed by atoms with Gasteiger partial charge in [0.2, 0.25) is 5.91 Å². The van der Waals surface area contributed by atoms with Gasteiger partial charge in [0, 0.05) is 6.42 Å². The zero-order valence-electron chi connectivity index (χ0n) is 35.6. The van der Waals surface area contributed by atoms with Crippen LogP contribution < -0.4 is 5.32 Å². The second-order valence-corrected chi connectivity index (χ2v) is 15.5. The Hall–Kier alpha value is -2.18. The van der Waals surface area contributed by atoms with Gasteiger partial charge in [-0.3, -0.25) is 9.59 Å². The molecule has 0 rings (SSSR count). The van der Waals surface area contributed by atoms with Crippen molar-refractivity contribution < 1.29 is 24.5 Å². The number of carbonyl (C=O) groups is 2. The molecule has 314 valence electrons. The van der Waals surface area contributed by atoms with Crippen molar-refractivity contribution in [3.05, 3.63) is 48.6 Å². The van der Waals surface area contributed by atoms with Crippen LogP contribution in [0.4, 0.5) is 0 Å². The van der Waals surface area contributed by atoms with E-state index in [0.29, 0.717) is 19.3 Å². The lowest BCUT2D eigenvalue weighted by Gasteiger charge is -2.24. The molecule has 3 N–H and O–H groups in total. The minimum Gasteiger partial charge on any atom is -0.462 e. The highest BCUT2D eigenvalue weighted by Gasteiger charge is 2.24. The molecule has 54 heavy (non-hydrogen) atoms. The van der Waals surface area contributed by atoms with Crippen molar-refractivity contribution in [2.24, 2.45) is 0 Å². The van der Waals surface area contributed by atoms with Gasteiger partial charge in [0.05, 0.1) is 25.2 Å². The number of aliphatic hydroxyl groups is 2. The molecule has 0 saturated carbocycles. The van der Waals surface area contributed by atoms with Gasteiger partial charge in [0.25, 0.3) is 0 Å².